The molecule has 0 rings (SSSR count). The lowest BCUT2D eigenvalue weighted by atomic mass is 9.97. The number of likely N-dealkylation sites (N-methyl/N-ethyl adjacent to an activating group) is 1. The van der Waals surface area contributed by atoms with E-state index < -0.39 is 5.54 Å². The summed E-state index contributed by atoms with van der Waals surface area (Å²) in [6.07, 6.45) is 3.17. The molecule has 1 unspecified atom stereocenters. The van der Waals surface area contributed by atoms with Crippen molar-refractivity contribution in [2.24, 2.45) is 11.8 Å². The molecule has 21 heavy (non-hydrogen) atoms. The summed E-state index contributed by atoms with van der Waals surface area (Å²) < 4.78 is 4.91. The molecule has 0 aromatic heterocycles. The number of carbonyl (C=O) groups excluding carboxylic acids is 1. The molecule has 1 atom stereocenters. The highest BCUT2D eigenvalue weighted by Gasteiger charge is 2.32. The Morgan fingerprint density at radius 3 is 1.90 bits per heavy atom. The van der Waals surface area contributed by atoms with Gasteiger partial charge in [-0.1, -0.05) is 27.7 Å². The van der Waals surface area contributed by atoms with Crippen LogP contribution in [0.5, 0.6) is 0 Å². The van der Waals surface area contributed by atoms with Crippen LogP contribution in [0.1, 0.15) is 53.9 Å². The Bertz CT molecular complexity index is 281. The maximum atomic E-state index is 11.9. The molecule has 0 amide bonds. The number of nitrogens with one attached hydrogen (secondary N) is 1. The van der Waals surface area contributed by atoms with E-state index >= 15 is 0 Å². The molecule has 0 fully saturated rings. The van der Waals surface area contributed by atoms with Gasteiger partial charge < -0.3 is 15.0 Å². The summed E-state index contributed by atoms with van der Waals surface area (Å²) in [6.45, 7) is 14.1. The summed E-state index contributed by atoms with van der Waals surface area (Å²) in [7, 11) is 3.27. The topological polar surface area (TPSA) is 41.6 Å². The third kappa shape index (κ3) is 8.42. The Morgan fingerprint density at radius 1 is 1.10 bits per heavy atom. The van der Waals surface area contributed by atoms with Crippen molar-refractivity contribution in [2.75, 3.05) is 33.8 Å². The maximum Gasteiger partial charge on any atom is 0.325 e. The minimum atomic E-state index is -0.595. The van der Waals surface area contributed by atoms with E-state index in [0.29, 0.717) is 11.8 Å². The van der Waals surface area contributed by atoms with Gasteiger partial charge >= 0.3 is 5.97 Å². The van der Waals surface area contributed by atoms with Crippen LogP contribution in [0.25, 0.3) is 0 Å². The zero-order valence-corrected chi connectivity index (χ0v) is 15.2. The minimum Gasteiger partial charge on any atom is -0.468 e. The summed E-state index contributed by atoms with van der Waals surface area (Å²) in [5.74, 6) is 1.24. The summed E-state index contributed by atoms with van der Waals surface area (Å²) >= 11 is 0. The molecule has 0 aromatic rings. The summed E-state index contributed by atoms with van der Waals surface area (Å²) in [5.41, 5.74) is -0.595. The quantitative estimate of drug-likeness (QED) is 0.596. The lowest BCUT2D eigenvalue weighted by Gasteiger charge is -2.30. The SMILES string of the molecule is CNC(C)(CCN(CCC(C)C)CCC(C)C)C(=O)OC. The molecule has 4 heteroatoms. The molecule has 0 bridgehead atoms. The predicted octanol–water partition coefficient (Wildman–Crippen LogP) is 2.92. The first-order chi connectivity index (χ1) is 9.75. The molecule has 1 N–H and O–H groups in total. The van der Waals surface area contributed by atoms with Gasteiger partial charge in [0.2, 0.25) is 0 Å². The summed E-state index contributed by atoms with van der Waals surface area (Å²) in [5, 5.41) is 3.11. The van der Waals surface area contributed by atoms with Crippen LogP contribution in [0.2, 0.25) is 0 Å². The number of ether oxygens (including phenoxy) is 1. The monoisotopic (exact) mass is 300 g/mol. The average Bonchev–Trinajstić information content (AvgIpc) is 2.44. The highest BCUT2D eigenvalue weighted by atomic mass is 16.5. The molecule has 4 nitrogen and oxygen atoms in total. The second kappa shape index (κ2) is 10.2. The molecule has 0 saturated heterocycles. The van der Waals surface area contributed by atoms with Gasteiger partial charge in [-0.05, 0) is 58.2 Å². The van der Waals surface area contributed by atoms with Crippen LogP contribution < -0.4 is 5.32 Å². The van der Waals surface area contributed by atoms with E-state index in [9.17, 15) is 4.79 Å². The van der Waals surface area contributed by atoms with Crippen molar-refractivity contribution < 1.29 is 9.53 Å². The van der Waals surface area contributed by atoms with Crippen molar-refractivity contribution in [1.29, 1.82) is 0 Å². The van der Waals surface area contributed by atoms with E-state index in [1.54, 1.807) is 0 Å². The fourth-order valence-electron chi connectivity index (χ4n) is 2.15. The van der Waals surface area contributed by atoms with E-state index in [4.69, 9.17) is 4.74 Å². The molecule has 0 aliphatic carbocycles. The number of rotatable bonds is 11. The van der Waals surface area contributed by atoms with Crippen LogP contribution in [0.3, 0.4) is 0 Å². The molecular formula is C17H36N2O2. The van der Waals surface area contributed by atoms with Crippen LogP contribution in [0, 0.1) is 11.8 Å². The Balaban J connectivity index is 4.52. The third-order valence-electron chi connectivity index (χ3n) is 4.16. The molecule has 0 aliphatic heterocycles. The van der Waals surface area contributed by atoms with Crippen LogP contribution >= 0.6 is 0 Å². The molecule has 126 valence electrons. The van der Waals surface area contributed by atoms with Gasteiger partial charge in [0.05, 0.1) is 7.11 Å². The molecule has 0 aromatic carbocycles. The number of hydrogen-bond donors (Lipinski definition) is 1. The largest absolute Gasteiger partial charge is 0.468 e. The van der Waals surface area contributed by atoms with E-state index in [2.05, 4.69) is 37.9 Å². The maximum absolute atomic E-state index is 11.9. The first-order valence-corrected chi connectivity index (χ1v) is 8.24. The third-order valence-corrected chi connectivity index (χ3v) is 4.16. The standard InChI is InChI=1S/C17H36N2O2/c1-14(2)8-11-19(12-9-15(3)4)13-10-17(5,18-6)16(20)21-7/h14-15,18H,8-13H2,1-7H3. The van der Waals surface area contributed by atoms with Gasteiger partial charge in [0, 0.05) is 6.54 Å². The lowest BCUT2D eigenvalue weighted by molar-refractivity contribution is -0.148. The van der Waals surface area contributed by atoms with Gasteiger partial charge in [-0.15, -0.1) is 0 Å². The number of carbonyl (C=O) groups is 1. The van der Waals surface area contributed by atoms with Crippen LogP contribution in [-0.4, -0.2) is 50.2 Å². The van der Waals surface area contributed by atoms with Gasteiger partial charge in [0.25, 0.3) is 0 Å². The normalized spacial score (nSPS) is 14.8. The summed E-state index contributed by atoms with van der Waals surface area (Å²) in [4.78, 5) is 14.4. The number of nitrogens with zero attached hydrogens (tertiary/aromatic N) is 1. The molecule has 0 spiro atoms. The fraction of sp³-hybridized carbons (Fsp3) is 0.941. The molecule has 0 heterocycles. The van der Waals surface area contributed by atoms with Crippen molar-refractivity contribution in [3.63, 3.8) is 0 Å². The van der Waals surface area contributed by atoms with Gasteiger partial charge in [-0.25, -0.2) is 0 Å². The molecular weight excluding hydrogens is 264 g/mol. The van der Waals surface area contributed by atoms with Crippen molar-refractivity contribution >= 4 is 5.97 Å². The summed E-state index contributed by atoms with van der Waals surface area (Å²) in [6, 6.07) is 0. The first-order valence-electron chi connectivity index (χ1n) is 8.24. The van der Waals surface area contributed by atoms with Crippen molar-refractivity contribution in [2.45, 2.75) is 59.4 Å². The van der Waals surface area contributed by atoms with Crippen molar-refractivity contribution in [3.8, 4) is 0 Å². The second-order valence-corrected chi connectivity index (χ2v) is 7.03. The zero-order chi connectivity index (χ0) is 16.5. The Kier molecular flexibility index (Phi) is 9.88. The van der Waals surface area contributed by atoms with E-state index in [1.165, 1.54) is 20.0 Å². The van der Waals surface area contributed by atoms with E-state index in [-0.39, 0.29) is 5.97 Å². The van der Waals surface area contributed by atoms with Crippen LogP contribution in [0.4, 0.5) is 0 Å². The minimum absolute atomic E-state index is 0.183. The van der Waals surface area contributed by atoms with Gasteiger partial charge in [-0.3, -0.25) is 4.79 Å². The highest BCUT2D eigenvalue weighted by Crippen LogP contribution is 2.14. The zero-order valence-electron chi connectivity index (χ0n) is 15.2. The second-order valence-electron chi connectivity index (χ2n) is 7.03. The van der Waals surface area contributed by atoms with E-state index in [1.807, 2.05) is 14.0 Å². The van der Waals surface area contributed by atoms with Gasteiger partial charge in [0.1, 0.15) is 5.54 Å². The van der Waals surface area contributed by atoms with E-state index in [0.717, 1.165) is 26.1 Å². The predicted molar refractivity (Wildman–Crippen MR) is 89.4 cm³/mol. The van der Waals surface area contributed by atoms with Gasteiger partial charge in [-0.2, -0.15) is 0 Å². The van der Waals surface area contributed by atoms with Gasteiger partial charge in [0.15, 0.2) is 0 Å². The van der Waals surface area contributed by atoms with Crippen LogP contribution in [-0.2, 0) is 9.53 Å². The first kappa shape index (κ1) is 20.4. The van der Waals surface area contributed by atoms with Crippen molar-refractivity contribution in [1.82, 2.24) is 10.2 Å². The lowest BCUT2D eigenvalue weighted by Crippen LogP contribution is -2.50. The number of esters is 1. The molecule has 0 radical (unpaired) electrons. The Labute approximate surface area is 131 Å². The van der Waals surface area contributed by atoms with Crippen LogP contribution in [0.15, 0.2) is 0 Å². The number of hydrogen-bond acceptors (Lipinski definition) is 4. The fourth-order valence-corrected chi connectivity index (χ4v) is 2.15. The molecule has 0 aliphatic rings. The smallest absolute Gasteiger partial charge is 0.325 e. The highest BCUT2D eigenvalue weighted by molar-refractivity contribution is 5.80. The average molecular weight is 300 g/mol. The Morgan fingerprint density at radius 2 is 1.57 bits per heavy atom. The Hall–Kier alpha value is -0.610. The number of methoxy groups -OCH3 is 1. The van der Waals surface area contributed by atoms with Crippen molar-refractivity contribution in [3.05, 3.63) is 0 Å². The molecule has 0 saturated carbocycles.